The molecule has 5 nitrogen and oxygen atoms in total. The normalized spacial score (nSPS) is 16.7. The van der Waals surface area contributed by atoms with Crippen LogP contribution in [0.3, 0.4) is 0 Å². The first-order chi connectivity index (χ1) is 10.1. The third-order valence-corrected chi connectivity index (χ3v) is 3.41. The Hall–Kier alpha value is -2.66. The highest BCUT2D eigenvalue weighted by Gasteiger charge is 2.27. The second-order valence-corrected chi connectivity index (χ2v) is 4.70. The standard InChI is InChI=1S/C16H14O5/c1-20-11-4-2-9(3-5-11)12-8-21-14-7-10(17)6-13(18)15(14)16(12)19/h2-8,16-19H,1H3. The molecule has 0 aromatic heterocycles. The molecule has 108 valence electrons. The fourth-order valence-corrected chi connectivity index (χ4v) is 2.33. The van der Waals surface area contributed by atoms with Gasteiger partial charge in [0.1, 0.15) is 29.1 Å². The van der Waals surface area contributed by atoms with Crippen LogP contribution in [0.4, 0.5) is 0 Å². The second-order valence-electron chi connectivity index (χ2n) is 4.70. The molecule has 0 fully saturated rings. The number of aliphatic hydroxyl groups excluding tert-OH is 1. The van der Waals surface area contributed by atoms with Crippen molar-refractivity contribution in [3.63, 3.8) is 0 Å². The fraction of sp³-hybridized carbons (Fsp3) is 0.125. The highest BCUT2D eigenvalue weighted by molar-refractivity contribution is 5.74. The summed E-state index contributed by atoms with van der Waals surface area (Å²) in [6.07, 6.45) is 0.371. The van der Waals surface area contributed by atoms with Crippen molar-refractivity contribution in [1.29, 1.82) is 0 Å². The molecule has 0 aliphatic carbocycles. The summed E-state index contributed by atoms with van der Waals surface area (Å²) in [5, 5.41) is 29.8. The molecule has 0 saturated carbocycles. The average Bonchev–Trinajstić information content (AvgIpc) is 2.47. The van der Waals surface area contributed by atoms with Crippen molar-refractivity contribution in [2.45, 2.75) is 6.10 Å². The van der Waals surface area contributed by atoms with Crippen LogP contribution >= 0.6 is 0 Å². The Labute approximate surface area is 121 Å². The van der Waals surface area contributed by atoms with Crippen molar-refractivity contribution < 1.29 is 24.8 Å². The number of hydrogen-bond acceptors (Lipinski definition) is 5. The third kappa shape index (κ3) is 2.28. The van der Waals surface area contributed by atoms with E-state index in [9.17, 15) is 15.3 Å². The van der Waals surface area contributed by atoms with Gasteiger partial charge in [-0.3, -0.25) is 0 Å². The van der Waals surface area contributed by atoms with Crippen LogP contribution in [0.15, 0.2) is 42.7 Å². The Morgan fingerprint density at radius 3 is 2.48 bits per heavy atom. The SMILES string of the molecule is COc1ccc(C2=COc3cc(O)cc(O)c3C2O)cc1. The summed E-state index contributed by atoms with van der Waals surface area (Å²) in [6.45, 7) is 0. The van der Waals surface area contributed by atoms with Crippen molar-refractivity contribution in [2.24, 2.45) is 0 Å². The maximum absolute atomic E-state index is 10.5. The minimum atomic E-state index is -1.04. The summed E-state index contributed by atoms with van der Waals surface area (Å²) in [6, 6.07) is 9.64. The number of phenols is 2. The molecule has 0 bridgehead atoms. The van der Waals surface area contributed by atoms with Crippen molar-refractivity contribution >= 4 is 5.57 Å². The topological polar surface area (TPSA) is 79.2 Å². The Morgan fingerprint density at radius 2 is 1.81 bits per heavy atom. The molecule has 2 aromatic rings. The number of hydrogen-bond donors (Lipinski definition) is 3. The summed E-state index contributed by atoms with van der Waals surface area (Å²) in [7, 11) is 1.58. The maximum Gasteiger partial charge on any atom is 0.140 e. The Bertz CT molecular complexity index is 703. The van der Waals surface area contributed by atoms with E-state index in [4.69, 9.17) is 9.47 Å². The third-order valence-electron chi connectivity index (χ3n) is 3.41. The van der Waals surface area contributed by atoms with Gasteiger partial charge in [0.25, 0.3) is 0 Å². The molecular weight excluding hydrogens is 272 g/mol. The van der Waals surface area contributed by atoms with Gasteiger partial charge in [-0.1, -0.05) is 12.1 Å². The number of benzene rings is 2. The molecule has 0 saturated heterocycles. The second kappa shape index (κ2) is 5.03. The van der Waals surface area contributed by atoms with E-state index in [1.165, 1.54) is 18.4 Å². The molecule has 3 N–H and O–H groups in total. The highest BCUT2D eigenvalue weighted by atomic mass is 16.5. The summed E-state index contributed by atoms with van der Waals surface area (Å²) in [5.74, 6) is 0.604. The first kappa shape index (κ1) is 13.3. The van der Waals surface area contributed by atoms with Crippen LogP contribution in [-0.4, -0.2) is 22.4 Å². The van der Waals surface area contributed by atoms with Crippen LogP contribution in [0, 0.1) is 0 Å². The Balaban J connectivity index is 2.01. The predicted octanol–water partition coefficient (Wildman–Crippen LogP) is 2.57. The monoisotopic (exact) mass is 286 g/mol. The molecule has 0 spiro atoms. The molecular formula is C16H14O5. The molecule has 3 rings (SSSR count). The molecule has 1 unspecified atom stereocenters. The Morgan fingerprint density at radius 1 is 1.10 bits per heavy atom. The minimum absolute atomic E-state index is 0.125. The van der Waals surface area contributed by atoms with Gasteiger partial charge in [-0.15, -0.1) is 0 Å². The van der Waals surface area contributed by atoms with Gasteiger partial charge in [0.2, 0.25) is 0 Å². The largest absolute Gasteiger partial charge is 0.508 e. The first-order valence-corrected chi connectivity index (χ1v) is 6.35. The minimum Gasteiger partial charge on any atom is -0.508 e. The van der Waals surface area contributed by atoms with Crippen LogP contribution in [-0.2, 0) is 0 Å². The van der Waals surface area contributed by atoms with Crippen LogP contribution in [0.25, 0.3) is 5.57 Å². The Kier molecular flexibility index (Phi) is 3.19. The molecule has 1 aliphatic heterocycles. The zero-order valence-electron chi connectivity index (χ0n) is 11.3. The van der Waals surface area contributed by atoms with E-state index in [0.717, 1.165) is 5.56 Å². The van der Waals surface area contributed by atoms with Crippen LogP contribution in [0.5, 0.6) is 23.0 Å². The number of phenolic OH excluding ortho intramolecular Hbond substituents is 2. The van der Waals surface area contributed by atoms with E-state index in [1.807, 2.05) is 0 Å². The van der Waals surface area contributed by atoms with E-state index in [1.54, 1.807) is 31.4 Å². The quantitative estimate of drug-likeness (QED) is 0.790. The van der Waals surface area contributed by atoms with Gasteiger partial charge in [-0.05, 0) is 17.7 Å². The smallest absolute Gasteiger partial charge is 0.140 e. The first-order valence-electron chi connectivity index (χ1n) is 6.35. The summed E-state index contributed by atoms with van der Waals surface area (Å²) < 4.78 is 10.5. The number of aliphatic hydroxyl groups is 1. The van der Waals surface area contributed by atoms with Gasteiger partial charge in [0, 0.05) is 17.7 Å². The zero-order valence-corrected chi connectivity index (χ0v) is 11.3. The molecule has 21 heavy (non-hydrogen) atoms. The maximum atomic E-state index is 10.5. The van der Waals surface area contributed by atoms with Crippen LogP contribution in [0.2, 0.25) is 0 Å². The average molecular weight is 286 g/mol. The van der Waals surface area contributed by atoms with Gasteiger partial charge in [-0.25, -0.2) is 0 Å². The van der Waals surface area contributed by atoms with Crippen LogP contribution < -0.4 is 9.47 Å². The van der Waals surface area contributed by atoms with E-state index >= 15 is 0 Å². The predicted molar refractivity (Wildman–Crippen MR) is 76.3 cm³/mol. The lowest BCUT2D eigenvalue weighted by molar-refractivity contribution is 0.218. The molecule has 1 heterocycles. The van der Waals surface area contributed by atoms with E-state index in [2.05, 4.69) is 0 Å². The van der Waals surface area contributed by atoms with Crippen molar-refractivity contribution in [2.75, 3.05) is 7.11 Å². The number of fused-ring (bicyclic) bond motifs is 1. The molecule has 1 atom stereocenters. The molecule has 1 aliphatic rings. The van der Waals surface area contributed by atoms with Crippen molar-refractivity contribution in [3.8, 4) is 23.0 Å². The fourth-order valence-electron chi connectivity index (χ4n) is 2.33. The van der Waals surface area contributed by atoms with E-state index in [0.29, 0.717) is 11.3 Å². The summed E-state index contributed by atoms with van der Waals surface area (Å²) in [4.78, 5) is 0. The lowest BCUT2D eigenvalue weighted by Gasteiger charge is -2.24. The molecule has 5 heteroatoms. The van der Waals surface area contributed by atoms with Gasteiger partial charge in [-0.2, -0.15) is 0 Å². The zero-order chi connectivity index (χ0) is 15.0. The van der Waals surface area contributed by atoms with Gasteiger partial charge in [0.15, 0.2) is 0 Å². The lowest BCUT2D eigenvalue weighted by Crippen LogP contribution is -2.09. The van der Waals surface area contributed by atoms with Crippen molar-refractivity contribution in [1.82, 2.24) is 0 Å². The summed E-state index contributed by atoms with van der Waals surface area (Å²) >= 11 is 0. The van der Waals surface area contributed by atoms with E-state index < -0.39 is 6.10 Å². The van der Waals surface area contributed by atoms with Crippen molar-refractivity contribution in [3.05, 3.63) is 53.8 Å². The number of aromatic hydroxyl groups is 2. The molecule has 0 amide bonds. The number of methoxy groups -OCH3 is 1. The van der Waals surface area contributed by atoms with Gasteiger partial charge >= 0.3 is 0 Å². The molecule has 0 radical (unpaired) electrons. The lowest BCUT2D eigenvalue weighted by atomic mass is 9.93. The van der Waals surface area contributed by atoms with E-state index in [-0.39, 0.29) is 22.8 Å². The van der Waals surface area contributed by atoms with Crippen LogP contribution in [0.1, 0.15) is 17.2 Å². The number of rotatable bonds is 2. The van der Waals surface area contributed by atoms with Gasteiger partial charge in [0.05, 0.1) is 18.9 Å². The summed E-state index contributed by atoms with van der Waals surface area (Å²) in [5.41, 5.74) is 1.51. The molecule has 2 aromatic carbocycles. The highest BCUT2D eigenvalue weighted by Crippen LogP contribution is 2.45. The van der Waals surface area contributed by atoms with Gasteiger partial charge < -0.3 is 24.8 Å². The number of ether oxygens (including phenoxy) is 2.